The number of hydrogen-bond donors (Lipinski definition) is 1. The van der Waals surface area contributed by atoms with Gasteiger partial charge in [0.05, 0.1) is 6.26 Å². The molecule has 0 aliphatic heterocycles. The summed E-state index contributed by atoms with van der Waals surface area (Å²) in [5.41, 5.74) is 0. The highest BCUT2D eigenvalue weighted by Gasteiger charge is 1.84. The zero-order valence-corrected chi connectivity index (χ0v) is 4.89. The average molecular weight is 100 g/mol. The minimum absolute atomic E-state index is 0.656. The van der Waals surface area contributed by atoms with E-state index < -0.39 is 0 Å². The van der Waals surface area contributed by atoms with Crippen molar-refractivity contribution in [2.24, 2.45) is 5.92 Å². The van der Waals surface area contributed by atoms with Gasteiger partial charge in [0.1, 0.15) is 0 Å². The van der Waals surface area contributed by atoms with E-state index >= 15 is 0 Å². The highest BCUT2D eigenvalue weighted by molar-refractivity contribution is 4.72. The monoisotopic (exact) mass is 100 g/mol. The van der Waals surface area contributed by atoms with Gasteiger partial charge in [-0.25, -0.2) is 0 Å². The van der Waals surface area contributed by atoms with Gasteiger partial charge in [0.25, 0.3) is 0 Å². The van der Waals surface area contributed by atoms with Crippen molar-refractivity contribution < 1.29 is 5.11 Å². The molecule has 0 aliphatic rings. The van der Waals surface area contributed by atoms with Crippen LogP contribution in [0.3, 0.4) is 0 Å². The maximum absolute atomic E-state index is 8.13. The van der Waals surface area contributed by atoms with Crippen molar-refractivity contribution in [1.29, 1.82) is 0 Å². The second-order valence-electron chi connectivity index (χ2n) is 2.01. The first kappa shape index (κ1) is 6.54. The van der Waals surface area contributed by atoms with Gasteiger partial charge in [-0.3, -0.25) is 0 Å². The Kier molecular flexibility index (Phi) is 3.48. The van der Waals surface area contributed by atoms with Gasteiger partial charge in [-0.2, -0.15) is 0 Å². The van der Waals surface area contributed by atoms with Crippen LogP contribution in [0.2, 0.25) is 0 Å². The van der Waals surface area contributed by atoms with E-state index in [9.17, 15) is 0 Å². The Morgan fingerprint density at radius 3 is 2.29 bits per heavy atom. The molecule has 0 amide bonds. The molecule has 0 aromatic rings. The van der Waals surface area contributed by atoms with Crippen LogP contribution < -0.4 is 0 Å². The first-order valence-electron chi connectivity index (χ1n) is 2.56. The standard InChI is InChI=1S/C6H12O/c1-6(2)4-3-5-7/h3,5-7H,4H2,1-2H3. The first-order chi connectivity index (χ1) is 3.27. The fourth-order valence-electron chi connectivity index (χ4n) is 0.333. The van der Waals surface area contributed by atoms with E-state index in [1.165, 1.54) is 0 Å². The van der Waals surface area contributed by atoms with Crippen LogP contribution >= 0.6 is 0 Å². The summed E-state index contributed by atoms with van der Waals surface area (Å²) >= 11 is 0. The van der Waals surface area contributed by atoms with E-state index in [2.05, 4.69) is 13.8 Å². The molecule has 42 valence electrons. The zero-order valence-electron chi connectivity index (χ0n) is 4.89. The number of rotatable bonds is 2. The van der Waals surface area contributed by atoms with Gasteiger partial charge >= 0.3 is 0 Å². The molecule has 0 aliphatic carbocycles. The third-order valence-corrected chi connectivity index (χ3v) is 0.713. The van der Waals surface area contributed by atoms with Crippen molar-refractivity contribution in [2.45, 2.75) is 20.3 Å². The van der Waals surface area contributed by atoms with Crippen LogP contribution in [0.4, 0.5) is 0 Å². The molecule has 0 fully saturated rings. The molecule has 0 saturated heterocycles. The van der Waals surface area contributed by atoms with Crippen molar-refractivity contribution in [3.8, 4) is 0 Å². The number of allylic oxidation sites excluding steroid dienone is 1. The second-order valence-corrected chi connectivity index (χ2v) is 2.01. The molecule has 0 radical (unpaired) electrons. The smallest absolute Gasteiger partial charge is 0.0751 e. The summed E-state index contributed by atoms with van der Waals surface area (Å²) in [6.07, 6.45) is 3.82. The Morgan fingerprint density at radius 1 is 1.57 bits per heavy atom. The van der Waals surface area contributed by atoms with Crippen LogP contribution in [0.5, 0.6) is 0 Å². The normalized spacial score (nSPS) is 11.3. The number of aliphatic hydroxyl groups is 1. The Bertz CT molecular complexity index is 55.2. The SMILES string of the molecule is CC(C)CC=CO. The van der Waals surface area contributed by atoms with Crippen molar-refractivity contribution >= 4 is 0 Å². The number of aliphatic hydroxyl groups excluding tert-OH is 1. The molecular formula is C6H12O. The fourth-order valence-corrected chi connectivity index (χ4v) is 0.333. The van der Waals surface area contributed by atoms with Crippen molar-refractivity contribution in [3.05, 3.63) is 12.3 Å². The predicted molar refractivity (Wildman–Crippen MR) is 31.2 cm³/mol. The second kappa shape index (κ2) is 3.72. The van der Waals surface area contributed by atoms with Crippen LogP contribution in [0.25, 0.3) is 0 Å². The zero-order chi connectivity index (χ0) is 5.70. The molecule has 0 bridgehead atoms. The van der Waals surface area contributed by atoms with Gasteiger partial charge < -0.3 is 5.11 Å². The summed E-state index contributed by atoms with van der Waals surface area (Å²) in [6.45, 7) is 4.22. The minimum atomic E-state index is 0.656. The van der Waals surface area contributed by atoms with E-state index in [0.717, 1.165) is 12.7 Å². The molecule has 1 N–H and O–H groups in total. The molecule has 7 heavy (non-hydrogen) atoms. The molecule has 1 heteroatoms. The molecule has 0 saturated carbocycles. The molecule has 0 unspecified atom stereocenters. The molecule has 0 heterocycles. The maximum Gasteiger partial charge on any atom is 0.0751 e. The largest absolute Gasteiger partial charge is 0.516 e. The average Bonchev–Trinajstić information content (AvgIpc) is 1.61. The van der Waals surface area contributed by atoms with Crippen LogP contribution in [0.1, 0.15) is 20.3 Å². The van der Waals surface area contributed by atoms with E-state index in [0.29, 0.717) is 5.92 Å². The minimum Gasteiger partial charge on any atom is -0.516 e. The lowest BCUT2D eigenvalue weighted by molar-refractivity contribution is 0.467. The molecule has 0 rings (SSSR count). The molecular weight excluding hydrogens is 88.1 g/mol. The van der Waals surface area contributed by atoms with Crippen molar-refractivity contribution in [1.82, 2.24) is 0 Å². The van der Waals surface area contributed by atoms with Crippen molar-refractivity contribution in [3.63, 3.8) is 0 Å². The van der Waals surface area contributed by atoms with Gasteiger partial charge in [-0.05, 0) is 18.4 Å². The molecule has 0 aromatic carbocycles. The first-order valence-corrected chi connectivity index (χ1v) is 2.56. The van der Waals surface area contributed by atoms with Crippen LogP contribution in [-0.2, 0) is 0 Å². The van der Waals surface area contributed by atoms with E-state index in [-0.39, 0.29) is 0 Å². The molecule has 0 spiro atoms. The van der Waals surface area contributed by atoms with Crippen LogP contribution in [-0.4, -0.2) is 5.11 Å². The van der Waals surface area contributed by atoms with Crippen LogP contribution in [0, 0.1) is 5.92 Å². The quantitative estimate of drug-likeness (QED) is 0.527. The Balaban J connectivity index is 2.97. The Hall–Kier alpha value is -0.460. The lowest BCUT2D eigenvalue weighted by Gasteiger charge is -1.93. The lowest BCUT2D eigenvalue weighted by Crippen LogP contribution is -1.80. The summed E-state index contributed by atoms with van der Waals surface area (Å²) in [5, 5.41) is 8.13. The summed E-state index contributed by atoms with van der Waals surface area (Å²) in [5.74, 6) is 0.656. The maximum atomic E-state index is 8.13. The summed E-state index contributed by atoms with van der Waals surface area (Å²) < 4.78 is 0. The van der Waals surface area contributed by atoms with E-state index in [4.69, 9.17) is 5.11 Å². The Morgan fingerprint density at radius 2 is 2.14 bits per heavy atom. The third kappa shape index (κ3) is 5.54. The highest BCUT2D eigenvalue weighted by atomic mass is 16.2. The molecule has 0 atom stereocenters. The summed E-state index contributed by atoms with van der Waals surface area (Å²) in [7, 11) is 0. The molecule has 0 aromatic heterocycles. The van der Waals surface area contributed by atoms with E-state index in [1.54, 1.807) is 6.08 Å². The Labute approximate surface area is 44.7 Å². The number of hydrogen-bond acceptors (Lipinski definition) is 1. The lowest BCUT2D eigenvalue weighted by atomic mass is 10.1. The van der Waals surface area contributed by atoms with Crippen molar-refractivity contribution in [2.75, 3.05) is 0 Å². The van der Waals surface area contributed by atoms with Gasteiger partial charge in [0.2, 0.25) is 0 Å². The van der Waals surface area contributed by atoms with Gasteiger partial charge in [0.15, 0.2) is 0 Å². The fraction of sp³-hybridized carbons (Fsp3) is 0.667. The summed E-state index contributed by atoms with van der Waals surface area (Å²) in [6, 6.07) is 0. The van der Waals surface area contributed by atoms with Gasteiger partial charge in [0, 0.05) is 0 Å². The van der Waals surface area contributed by atoms with Crippen LogP contribution in [0.15, 0.2) is 12.3 Å². The topological polar surface area (TPSA) is 20.2 Å². The third-order valence-electron chi connectivity index (χ3n) is 0.713. The van der Waals surface area contributed by atoms with Gasteiger partial charge in [-0.1, -0.05) is 13.8 Å². The van der Waals surface area contributed by atoms with E-state index in [1.807, 2.05) is 0 Å². The summed E-state index contributed by atoms with van der Waals surface area (Å²) in [4.78, 5) is 0. The van der Waals surface area contributed by atoms with Gasteiger partial charge in [-0.15, -0.1) is 0 Å². The highest BCUT2D eigenvalue weighted by Crippen LogP contribution is 1.97. The predicted octanol–water partition coefficient (Wildman–Crippen LogP) is 2.10. The molecule has 1 nitrogen and oxygen atoms in total.